The minimum atomic E-state index is -0.926. The zero-order valence-electron chi connectivity index (χ0n) is 11.9. The monoisotopic (exact) mass is 265 g/mol. The van der Waals surface area contributed by atoms with Gasteiger partial charge in [-0.05, 0) is 26.5 Å². The minimum absolute atomic E-state index is 0.200. The van der Waals surface area contributed by atoms with E-state index in [9.17, 15) is 9.90 Å². The van der Waals surface area contributed by atoms with Crippen LogP contribution in [0.1, 0.15) is 25.8 Å². The average Bonchev–Trinajstić information content (AvgIpc) is 2.37. The maximum absolute atomic E-state index is 11.3. The highest BCUT2D eigenvalue weighted by molar-refractivity contribution is 5.69. The highest BCUT2D eigenvalue weighted by Crippen LogP contribution is 2.20. The summed E-state index contributed by atoms with van der Waals surface area (Å²) >= 11 is 0. The van der Waals surface area contributed by atoms with Gasteiger partial charge in [0.05, 0.1) is 18.6 Å². The van der Waals surface area contributed by atoms with E-state index in [0.29, 0.717) is 26.1 Å². The Morgan fingerprint density at radius 1 is 1.37 bits per heavy atom. The number of rotatable bonds is 7. The van der Waals surface area contributed by atoms with Crippen LogP contribution in [0.3, 0.4) is 0 Å². The Hall–Kier alpha value is -1.39. The fraction of sp³-hybridized carbons (Fsp3) is 0.533. The quantitative estimate of drug-likeness (QED) is 0.764. The molecule has 0 spiro atoms. The maximum atomic E-state index is 11.3. The summed E-state index contributed by atoms with van der Waals surface area (Å²) in [6.07, 6.45) is 0.342. The van der Waals surface area contributed by atoms with Crippen LogP contribution in [0.5, 0.6) is 0 Å². The topological polar surface area (TPSA) is 49.8 Å². The van der Waals surface area contributed by atoms with Gasteiger partial charge in [-0.3, -0.25) is 4.79 Å². The van der Waals surface area contributed by atoms with Crippen molar-refractivity contribution in [3.8, 4) is 0 Å². The van der Waals surface area contributed by atoms with Gasteiger partial charge in [0.15, 0.2) is 0 Å². The second-order valence-corrected chi connectivity index (χ2v) is 4.93. The van der Waals surface area contributed by atoms with Crippen LogP contribution in [0, 0.1) is 0 Å². The summed E-state index contributed by atoms with van der Waals surface area (Å²) in [6, 6.07) is 9.53. The summed E-state index contributed by atoms with van der Waals surface area (Å²) < 4.78 is 4.88. The van der Waals surface area contributed by atoms with Crippen LogP contribution in [0.4, 0.5) is 0 Å². The van der Waals surface area contributed by atoms with Crippen molar-refractivity contribution in [3.63, 3.8) is 0 Å². The number of nitrogens with zero attached hydrogens (tertiary/aromatic N) is 1. The highest BCUT2D eigenvalue weighted by atomic mass is 16.5. The molecule has 0 saturated carbocycles. The molecule has 0 heterocycles. The Kier molecular flexibility index (Phi) is 5.99. The van der Waals surface area contributed by atoms with E-state index in [1.54, 1.807) is 13.8 Å². The summed E-state index contributed by atoms with van der Waals surface area (Å²) in [5.41, 5.74) is -0.0528. The van der Waals surface area contributed by atoms with Crippen LogP contribution in [-0.4, -0.2) is 42.7 Å². The number of carbonyl (C=O) groups excluding carboxylic acids is 1. The molecule has 0 bridgehead atoms. The van der Waals surface area contributed by atoms with E-state index in [2.05, 4.69) is 0 Å². The molecule has 0 aliphatic heterocycles. The Labute approximate surface area is 115 Å². The smallest absolute Gasteiger partial charge is 0.307 e. The number of hydrogen-bond donors (Lipinski definition) is 1. The first-order valence-corrected chi connectivity index (χ1v) is 6.58. The number of aliphatic hydroxyl groups is 1. The third kappa shape index (κ3) is 5.41. The summed E-state index contributed by atoms with van der Waals surface area (Å²) in [6.45, 7) is 5.02. The number of esters is 1. The fourth-order valence-corrected chi connectivity index (χ4v) is 2.01. The highest BCUT2D eigenvalue weighted by Gasteiger charge is 2.24. The van der Waals surface area contributed by atoms with E-state index in [0.717, 1.165) is 5.56 Å². The number of ether oxygens (including phenoxy) is 1. The zero-order chi connectivity index (χ0) is 14.3. The summed E-state index contributed by atoms with van der Waals surface area (Å²) in [4.78, 5) is 13.2. The maximum Gasteiger partial charge on any atom is 0.307 e. The standard InChI is InChI=1S/C15H23NO3/c1-4-19-14(17)10-11-16(3)12-15(2,18)13-8-6-5-7-9-13/h5-9,18H,4,10-12H2,1-3H3. The van der Waals surface area contributed by atoms with Gasteiger partial charge in [-0.15, -0.1) is 0 Å². The van der Waals surface area contributed by atoms with Crippen molar-refractivity contribution in [3.05, 3.63) is 35.9 Å². The molecule has 0 radical (unpaired) electrons. The van der Waals surface area contributed by atoms with Crippen molar-refractivity contribution in [2.24, 2.45) is 0 Å². The molecule has 4 nitrogen and oxygen atoms in total. The lowest BCUT2D eigenvalue weighted by Crippen LogP contribution is -2.37. The largest absolute Gasteiger partial charge is 0.466 e. The molecule has 0 aliphatic carbocycles. The molecule has 106 valence electrons. The van der Waals surface area contributed by atoms with Gasteiger partial charge in [0.2, 0.25) is 0 Å². The molecule has 1 aromatic carbocycles. The van der Waals surface area contributed by atoms with Crippen molar-refractivity contribution in [1.82, 2.24) is 4.90 Å². The molecule has 0 amide bonds. The molecule has 0 aromatic heterocycles. The van der Waals surface area contributed by atoms with Crippen LogP contribution < -0.4 is 0 Å². The molecule has 0 fully saturated rings. The van der Waals surface area contributed by atoms with Gasteiger partial charge in [-0.1, -0.05) is 30.3 Å². The Bertz CT molecular complexity index is 390. The third-order valence-corrected chi connectivity index (χ3v) is 2.98. The van der Waals surface area contributed by atoms with E-state index in [1.807, 2.05) is 42.3 Å². The Balaban J connectivity index is 2.47. The average molecular weight is 265 g/mol. The summed E-state index contributed by atoms with van der Waals surface area (Å²) in [5.74, 6) is -0.200. The van der Waals surface area contributed by atoms with Gasteiger partial charge in [0, 0.05) is 13.1 Å². The van der Waals surface area contributed by atoms with Gasteiger partial charge in [0.25, 0.3) is 0 Å². The van der Waals surface area contributed by atoms with Gasteiger partial charge < -0.3 is 14.7 Å². The first kappa shape index (κ1) is 15.7. The lowest BCUT2D eigenvalue weighted by Gasteiger charge is -2.29. The predicted molar refractivity (Wildman–Crippen MR) is 74.8 cm³/mol. The molecule has 1 unspecified atom stereocenters. The van der Waals surface area contributed by atoms with Crippen molar-refractivity contribution in [1.29, 1.82) is 0 Å². The van der Waals surface area contributed by atoms with Crippen LogP contribution in [-0.2, 0) is 15.1 Å². The van der Waals surface area contributed by atoms with Crippen molar-refractivity contribution >= 4 is 5.97 Å². The van der Waals surface area contributed by atoms with E-state index in [4.69, 9.17) is 4.74 Å². The molecular weight excluding hydrogens is 242 g/mol. The van der Waals surface area contributed by atoms with Gasteiger partial charge >= 0.3 is 5.97 Å². The molecule has 1 rings (SSSR count). The second kappa shape index (κ2) is 7.26. The van der Waals surface area contributed by atoms with Crippen LogP contribution in [0.2, 0.25) is 0 Å². The fourth-order valence-electron chi connectivity index (χ4n) is 2.01. The van der Waals surface area contributed by atoms with Crippen LogP contribution >= 0.6 is 0 Å². The Morgan fingerprint density at radius 3 is 2.58 bits per heavy atom. The van der Waals surface area contributed by atoms with Crippen molar-refractivity contribution in [2.45, 2.75) is 25.9 Å². The minimum Gasteiger partial charge on any atom is -0.466 e. The molecule has 0 saturated heterocycles. The van der Waals surface area contributed by atoms with Crippen molar-refractivity contribution in [2.75, 3.05) is 26.7 Å². The molecule has 4 heteroatoms. The van der Waals surface area contributed by atoms with E-state index >= 15 is 0 Å². The molecule has 1 atom stereocenters. The van der Waals surface area contributed by atoms with Crippen LogP contribution in [0.15, 0.2) is 30.3 Å². The van der Waals surface area contributed by atoms with E-state index in [-0.39, 0.29) is 5.97 Å². The van der Waals surface area contributed by atoms with E-state index < -0.39 is 5.60 Å². The third-order valence-electron chi connectivity index (χ3n) is 2.98. The summed E-state index contributed by atoms with van der Waals surface area (Å²) in [7, 11) is 1.89. The molecule has 0 aliphatic rings. The Morgan fingerprint density at radius 2 is 2.00 bits per heavy atom. The molecular formula is C15H23NO3. The summed E-state index contributed by atoms with van der Waals surface area (Å²) in [5, 5.41) is 10.5. The first-order chi connectivity index (χ1) is 8.95. The predicted octanol–water partition coefficient (Wildman–Crippen LogP) is 1.78. The number of hydrogen-bond acceptors (Lipinski definition) is 4. The lowest BCUT2D eigenvalue weighted by atomic mass is 9.95. The van der Waals surface area contributed by atoms with Gasteiger partial charge in [-0.2, -0.15) is 0 Å². The number of benzene rings is 1. The zero-order valence-corrected chi connectivity index (χ0v) is 11.9. The SMILES string of the molecule is CCOC(=O)CCN(C)CC(C)(O)c1ccccc1. The molecule has 1 aromatic rings. The van der Waals surface area contributed by atoms with Gasteiger partial charge in [0.1, 0.15) is 0 Å². The second-order valence-electron chi connectivity index (χ2n) is 4.93. The molecule has 1 N–H and O–H groups in total. The van der Waals surface area contributed by atoms with Gasteiger partial charge in [-0.25, -0.2) is 0 Å². The normalized spacial score (nSPS) is 14.2. The van der Waals surface area contributed by atoms with Crippen LogP contribution in [0.25, 0.3) is 0 Å². The van der Waals surface area contributed by atoms with E-state index in [1.165, 1.54) is 0 Å². The number of carbonyl (C=O) groups is 1. The first-order valence-electron chi connectivity index (χ1n) is 6.58. The lowest BCUT2D eigenvalue weighted by molar-refractivity contribution is -0.143. The van der Waals surface area contributed by atoms with Crippen molar-refractivity contribution < 1.29 is 14.6 Å². The number of likely N-dealkylation sites (N-methyl/N-ethyl adjacent to an activating group) is 1. The molecule has 19 heavy (non-hydrogen) atoms.